The van der Waals surface area contributed by atoms with Crippen molar-refractivity contribution in [2.24, 2.45) is 0 Å². The molecule has 3 rings (SSSR count). The number of benzene rings is 2. The maximum absolute atomic E-state index is 12.6. The molecule has 3 aromatic rings. The fourth-order valence-corrected chi connectivity index (χ4v) is 2.61. The summed E-state index contributed by atoms with van der Waals surface area (Å²) >= 11 is 0. The van der Waals surface area contributed by atoms with Gasteiger partial charge < -0.3 is 18.6 Å². The minimum Gasteiger partial charge on any atom is -0.493 e. The monoisotopic (exact) mass is 340 g/mol. The zero-order valence-electron chi connectivity index (χ0n) is 14.0. The van der Waals surface area contributed by atoms with E-state index in [9.17, 15) is 9.59 Å². The van der Waals surface area contributed by atoms with E-state index in [2.05, 4.69) is 0 Å². The number of carbonyl (C=O) groups is 2. The second-order valence-corrected chi connectivity index (χ2v) is 5.20. The van der Waals surface area contributed by atoms with Crippen LogP contribution in [0.3, 0.4) is 0 Å². The van der Waals surface area contributed by atoms with Gasteiger partial charge in [0.25, 0.3) is 0 Å². The zero-order chi connectivity index (χ0) is 18.0. The molecule has 1 aromatic heterocycles. The van der Waals surface area contributed by atoms with Gasteiger partial charge in [0.1, 0.15) is 0 Å². The third-order valence-corrected chi connectivity index (χ3v) is 3.82. The summed E-state index contributed by atoms with van der Waals surface area (Å²) < 4.78 is 21.1. The molecular weight excluding hydrogens is 324 g/mol. The van der Waals surface area contributed by atoms with E-state index in [1.807, 2.05) is 6.07 Å². The van der Waals surface area contributed by atoms with Crippen LogP contribution in [-0.2, 0) is 4.74 Å². The van der Waals surface area contributed by atoms with E-state index in [1.165, 1.54) is 33.5 Å². The second-order valence-electron chi connectivity index (χ2n) is 5.20. The van der Waals surface area contributed by atoms with Crippen molar-refractivity contribution in [3.8, 4) is 11.5 Å². The summed E-state index contributed by atoms with van der Waals surface area (Å²) in [5.74, 6) is -0.155. The van der Waals surface area contributed by atoms with Crippen molar-refractivity contribution in [3.63, 3.8) is 0 Å². The Bertz CT molecular complexity index is 939. The Morgan fingerprint density at radius 3 is 2.28 bits per heavy atom. The average molecular weight is 340 g/mol. The fourth-order valence-electron chi connectivity index (χ4n) is 2.61. The highest BCUT2D eigenvalue weighted by atomic mass is 16.5. The lowest BCUT2D eigenvalue weighted by Crippen LogP contribution is -2.03. The first-order valence-corrected chi connectivity index (χ1v) is 7.47. The number of furan rings is 1. The molecule has 0 fully saturated rings. The van der Waals surface area contributed by atoms with Crippen LogP contribution in [0.1, 0.15) is 26.5 Å². The number of ether oxygens (including phenoxy) is 3. The van der Waals surface area contributed by atoms with Gasteiger partial charge in [-0.05, 0) is 12.1 Å². The molecule has 128 valence electrons. The van der Waals surface area contributed by atoms with Crippen LogP contribution in [0.25, 0.3) is 11.0 Å². The molecule has 2 aromatic carbocycles. The Kier molecular flexibility index (Phi) is 4.43. The molecule has 0 saturated carbocycles. The zero-order valence-corrected chi connectivity index (χ0v) is 14.0. The number of hydrogen-bond acceptors (Lipinski definition) is 6. The molecule has 0 amide bonds. The summed E-state index contributed by atoms with van der Waals surface area (Å²) in [6.07, 6.45) is 0. The van der Waals surface area contributed by atoms with Crippen molar-refractivity contribution < 1.29 is 28.2 Å². The molecular formula is C19H16O6. The van der Waals surface area contributed by atoms with Crippen LogP contribution in [0, 0.1) is 0 Å². The summed E-state index contributed by atoms with van der Waals surface area (Å²) in [5, 5.41) is 0.420. The van der Waals surface area contributed by atoms with Crippen molar-refractivity contribution in [1.82, 2.24) is 0 Å². The first kappa shape index (κ1) is 16.6. The van der Waals surface area contributed by atoms with Crippen LogP contribution in [0.2, 0.25) is 0 Å². The normalized spacial score (nSPS) is 10.5. The smallest absolute Gasteiger partial charge is 0.338 e. The third-order valence-electron chi connectivity index (χ3n) is 3.82. The van der Waals surface area contributed by atoms with Gasteiger partial charge in [0.05, 0.1) is 26.9 Å². The number of rotatable bonds is 5. The van der Waals surface area contributed by atoms with Crippen LogP contribution in [0.4, 0.5) is 0 Å². The van der Waals surface area contributed by atoms with Crippen molar-refractivity contribution in [2.75, 3.05) is 21.3 Å². The van der Waals surface area contributed by atoms with Crippen LogP contribution in [0.15, 0.2) is 46.9 Å². The molecule has 0 bridgehead atoms. The number of esters is 1. The molecule has 0 saturated heterocycles. The number of fused-ring (bicyclic) bond motifs is 1. The standard InChI is InChI=1S/C19H16O6/c1-22-15-10-13(19(21)24-3)12-9-14(25-17(12)18(15)23-2)16(20)11-7-5-4-6-8-11/h4-10H,1-3H3. The van der Waals surface area contributed by atoms with Crippen molar-refractivity contribution in [2.45, 2.75) is 0 Å². The van der Waals surface area contributed by atoms with E-state index in [-0.39, 0.29) is 22.7 Å². The molecule has 0 atom stereocenters. The van der Waals surface area contributed by atoms with Crippen molar-refractivity contribution in [3.05, 3.63) is 59.4 Å². The van der Waals surface area contributed by atoms with E-state index in [4.69, 9.17) is 18.6 Å². The van der Waals surface area contributed by atoms with Crippen LogP contribution in [-0.4, -0.2) is 33.1 Å². The summed E-state index contributed by atoms with van der Waals surface area (Å²) in [4.78, 5) is 24.7. The topological polar surface area (TPSA) is 75.0 Å². The molecule has 0 unspecified atom stereocenters. The van der Waals surface area contributed by atoms with Crippen LogP contribution < -0.4 is 9.47 Å². The Labute approximate surface area is 143 Å². The Morgan fingerprint density at radius 2 is 1.68 bits per heavy atom. The number of carbonyl (C=O) groups excluding carboxylic acids is 2. The largest absolute Gasteiger partial charge is 0.493 e. The Hall–Kier alpha value is -3.28. The number of ketones is 1. The molecule has 0 aliphatic carbocycles. The number of methoxy groups -OCH3 is 3. The molecule has 0 aliphatic rings. The molecule has 0 N–H and O–H groups in total. The molecule has 6 heteroatoms. The summed E-state index contributed by atoms with van der Waals surface area (Å²) in [5.41, 5.74) is 0.958. The van der Waals surface area contributed by atoms with Crippen LogP contribution >= 0.6 is 0 Å². The maximum atomic E-state index is 12.6. The summed E-state index contributed by atoms with van der Waals surface area (Å²) in [6.45, 7) is 0. The number of hydrogen-bond donors (Lipinski definition) is 0. The summed E-state index contributed by atoms with van der Waals surface area (Å²) in [6, 6.07) is 11.7. The maximum Gasteiger partial charge on any atom is 0.338 e. The van der Waals surface area contributed by atoms with E-state index in [0.717, 1.165) is 0 Å². The van der Waals surface area contributed by atoms with Gasteiger partial charge in [-0.1, -0.05) is 30.3 Å². The average Bonchev–Trinajstić information content (AvgIpc) is 3.11. The highest BCUT2D eigenvalue weighted by molar-refractivity contribution is 6.12. The summed E-state index contributed by atoms with van der Waals surface area (Å²) in [7, 11) is 4.18. The Morgan fingerprint density at radius 1 is 0.960 bits per heavy atom. The quantitative estimate of drug-likeness (QED) is 0.523. The van der Waals surface area contributed by atoms with Crippen LogP contribution in [0.5, 0.6) is 11.5 Å². The van der Waals surface area contributed by atoms with Gasteiger partial charge in [0, 0.05) is 10.9 Å². The lowest BCUT2D eigenvalue weighted by atomic mass is 10.1. The molecule has 1 heterocycles. The lowest BCUT2D eigenvalue weighted by Gasteiger charge is -2.10. The van der Waals surface area contributed by atoms with Crippen molar-refractivity contribution >= 4 is 22.7 Å². The Balaban J connectivity index is 2.24. The van der Waals surface area contributed by atoms with Gasteiger partial charge in [0.15, 0.2) is 17.1 Å². The van der Waals surface area contributed by atoms with E-state index in [1.54, 1.807) is 24.3 Å². The molecule has 0 radical (unpaired) electrons. The van der Waals surface area contributed by atoms with Gasteiger partial charge in [0.2, 0.25) is 11.5 Å². The van der Waals surface area contributed by atoms with E-state index < -0.39 is 5.97 Å². The lowest BCUT2D eigenvalue weighted by molar-refractivity contribution is 0.0602. The van der Waals surface area contributed by atoms with E-state index >= 15 is 0 Å². The molecule has 6 nitrogen and oxygen atoms in total. The predicted molar refractivity (Wildman–Crippen MR) is 90.5 cm³/mol. The van der Waals surface area contributed by atoms with E-state index in [0.29, 0.717) is 22.4 Å². The highest BCUT2D eigenvalue weighted by Gasteiger charge is 2.24. The first-order valence-electron chi connectivity index (χ1n) is 7.47. The highest BCUT2D eigenvalue weighted by Crippen LogP contribution is 2.40. The minimum absolute atomic E-state index is 0.0953. The van der Waals surface area contributed by atoms with Gasteiger partial charge in [-0.2, -0.15) is 0 Å². The SMILES string of the molecule is COC(=O)c1cc(OC)c(OC)c2oc(C(=O)c3ccccc3)cc12. The molecule has 0 spiro atoms. The van der Waals surface area contributed by atoms with Gasteiger partial charge in [-0.25, -0.2) is 4.79 Å². The molecule has 0 aliphatic heterocycles. The van der Waals surface area contributed by atoms with Gasteiger partial charge >= 0.3 is 5.97 Å². The van der Waals surface area contributed by atoms with Gasteiger partial charge in [-0.15, -0.1) is 0 Å². The molecule has 25 heavy (non-hydrogen) atoms. The third kappa shape index (κ3) is 2.82. The van der Waals surface area contributed by atoms with Gasteiger partial charge in [-0.3, -0.25) is 4.79 Å². The fraction of sp³-hybridized carbons (Fsp3) is 0.158. The predicted octanol–water partition coefficient (Wildman–Crippen LogP) is 3.47. The second kappa shape index (κ2) is 6.68. The first-order chi connectivity index (χ1) is 12.1. The minimum atomic E-state index is -0.564. The van der Waals surface area contributed by atoms with Crippen molar-refractivity contribution in [1.29, 1.82) is 0 Å².